The molecule has 2 aromatic rings. The highest BCUT2D eigenvalue weighted by Crippen LogP contribution is 2.26. The van der Waals surface area contributed by atoms with Crippen LogP contribution in [0.3, 0.4) is 0 Å². The van der Waals surface area contributed by atoms with Crippen molar-refractivity contribution < 1.29 is 8.81 Å². The van der Waals surface area contributed by atoms with E-state index in [-0.39, 0.29) is 5.82 Å². The van der Waals surface area contributed by atoms with E-state index >= 15 is 0 Å². The van der Waals surface area contributed by atoms with Crippen LogP contribution < -0.4 is 10.2 Å². The van der Waals surface area contributed by atoms with Crippen molar-refractivity contribution in [3.05, 3.63) is 53.2 Å². The molecule has 0 spiro atoms. The van der Waals surface area contributed by atoms with Crippen LogP contribution >= 0.6 is 0 Å². The van der Waals surface area contributed by atoms with Crippen LogP contribution in [0.15, 0.2) is 34.9 Å². The largest absolute Gasteiger partial charge is 0.469 e. The summed E-state index contributed by atoms with van der Waals surface area (Å²) in [5.41, 5.74) is 2.68. The molecular weight excluding hydrogens is 267 g/mol. The molecule has 0 saturated carbocycles. The molecule has 4 heteroatoms. The number of rotatable bonds is 6. The zero-order valence-corrected chi connectivity index (χ0v) is 13.1. The van der Waals surface area contributed by atoms with Gasteiger partial charge in [-0.15, -0.1) is 0 Å². The summed E-state index contributed by atoms with van der Waals surface area (Å²) in [6.45, 7) is 7.36. The summed E-state index contributed by atoms with van der Waals surface area (Å²) in [4.78, 5) is 1.94. The first kappa shape index (κ1) is 15.6. The molecule has 0 atom stereocenters. The third-order valence-electron chi connectivity index (χ3n) is 3.53. The highest BCUT2D eigenvalue weighted by atomic mass is 19.1. The van der Waals surface area contributed by atoms with E-state index in [1.807, 2.05) is 31.0 Å². The Labute approximate surface area is 125 Å². The van der Waals surface area contributed by atoms with Gasteiger partial charge in [-0.2, -0.15) is 0 Å². The van der Waals surface area contributed by atoms with Gasteiger partial charge >= 0.3 is 0 Å². The first-order valence-corrected chi connectivity index (χ1v) is 7.24. The topological polar surface area (TPSA) is 28.4 Å². The molecule has 1 aromatic heterocycles. The van der Waals surface area contributed by atoms with Crippen molar-refractivity contribution in [2.45, 2.75) is 39.9 Å². The van der Waals surface area contributed by atoms with Gasteiger partial charge in [0.15, 0.2) is 0 Å². The molecule has 0 amide bonds. The maximum Gasteiger partial charge on any atom is 0.146 e. The molecule has 1 heterocycles. The number of benzene rings is 1. The molecule has 2 rings (SSSR count). The minimum absolute atomic E-state index is 0.193. The number of halogens is 1. The minimum Gasteiger partial charge on any atom is -0.469 e. The van der Waals surface area contributed by atoms with Gasteiger partial charge in [0, 0.05) is 31.7 Å². The fourth-order valence-electron chi connectivity index (χ4n) is 2.35. The van der Waals surface area contributed by atoms with Crippen LogP contribution in [0.5, 0.6) is 0 Å². The Balaban J connectivity index is 2.22. The Morgan fingerprint density at radius 2 is 2.00 bits per heavy atom. The van der Waals surface area contributed by atoms with Crippen molar-refractivity contribution in [3.63, 3.8) is 0 Å². The molecule has 114 valence electrons. The minimum atomic E-state index is -0.193. The van der Waals surface area contributed by atoms with Crippen LogP contribution in [-0.4, -0.2) is 13.1 Å². The third kappa shape index (κ3) is 3.85. The van der Waals surface area contributed by atoms with Gasteiger partial charge in [0.1, 0.15) is 11.6 Å². The summed E-state index contributed by atoms with van der Waals surface area (Å²) < 4.78 is 19.6. The SMILES string of the molecule is Cc1occc1CN(C)c1c(F)cccc1CNC(C)C. The van der Waals surface area contributed by atoms with E-state index in [0.717, 1.165) is 16.9 Å². The Morgan fingerprint density at radius 1 is 1.24 bits per heavy atom. The molecule has 3 nitrogen and oxygen atoms in total. The number of furan rings is 1. The summed E-state index contributed by atoms with van der Waals surface area (Å²) in [7, 11) is 1.91. The Kier molecular flexibility index (Phi) is 5.02. The first-order valence-electron chi connectivity index (χ1n) is 7.24. The Hall–Kier alpha value is -1.81. The molecule has 0 saturated heterocycles. The van der Waals surface area contributed by atoms with Crippen LogP contribution in [0.4, 0.5) is 10.1 Å². The van der Waals surface area contributed by atoms with E-state index in [0.29, 0.717) is 24.8 Å². The summed E-state index contributed by atoms with van der Waals surface area (Å²) in [5, 5.41) is 3.34. The number of nitrogens with zero attached hydrogens (tertiary/aromatic N) is 1. The number of aryl methyl sites for hydroxylation is 1. The second kappa shape index (κ2) is 6.76. The molecular formula is C17H23FN2O. The van der Waals surface area contributed by atoms with Crippen LogP contribution in [0, 0.1) is 12.7 Å². The molecule has 0 radical (unpaired) electrons. The second-order valence-corrected chi connectivity index (χ2v) is 5.64. The van der Waals surface area contributed by atoms with E-state index in [2.05, 4.69) is 19.2 Å². The van der Waals surface area contributed by atoms with Gasteiger partial charge in [-0.25, -0.2) is 4.39 Å². The molecule has 0 aliphatic carbocycles. The van der Waals surface area contributed by atoms with Gasteiger partial charge in [0.25, 0.3) is 0 Å². The van der Waals surface area contributed by atoms with E-state index in [4.69, 9.17) is 4.42 Å². The maximum absolute atomic E-state index is 14.3. The normalized spacial score (nSPS) is 11.1. The zero-order valence-electron chi connectivity index (χ0n) is 13.1. The van der Waals surface area contributed by atoms with E-state index in [9.17, 15) is 4.39 Å². The lowest BCUT2D eigenvalue weighted by Gasteiger charge is -2.23. The van der Waals surface area contributed by atoms with Gasteiger partial charge in [0.05, 0.1) is 12.0 Å². The third-order valence-corrected chi connectivity index (χ3v) is 3.53. The molecule has 0 aliphatic rings. The maximum atomic E-state index is 14.3. The fourth-order valence-corrected chi connectivity index (χ4v) is 2.35. The monoisotopic (exact) mass is 290 g/mol. The second-order valence-electron chi connectivity index (χ2n) is 5.64. The van der Waals surface area contributed by atoms with Crippen molar-refractivity contribution in [1.29, 1.82) is 0 Å². The highest BCUT2D eigenvalue weighted by molar-refractivity contribution is 5.54. The Morgan fingerprint density at radius 3 is 2.62 bits per heavy atom. The van der Waals surface area contributed by atoms with Gasteiger partial charge < -0.3 is 14.6 Å². The Bertz CT molecular complexity index is 592. The van der Waals surface area contributed by atoms with Crippen molar-refractivity contribution in [3.8, 4) is 0 Å². The smallest absolute Gasteiger partial charge is 0.146 e. The number of hydrogen-bond donors (Lipinski definition) is 1. The van der Waals surface area contributed by atoms with E-state index < -0.39 is 0 Å². The lowest BCUT2D eigenvalue weighted by atomic mass is 10.1. The molecule has 0 fully saturated rings. The highest BCUT2D eigenvalue weighted by Gasteiger charge is 2.15. The van der Waals surface area contributed by atoms with Crippen LogP contribution in [0.2, 0.25) is 0 Å². The summed E-state index contributed by atoms with van der Waals surface area (Å²) in [6, 6.07) is 7.52. The molecule has 21 heavy (non-hydrogen) atoms. The molecule has 0 bridgehead atoms. The number of para-hydroxylation sites is 1. The number of anilines is 1. The zero-order chi connectivity index (χ0) is 15.4. The van der Waals surface area contributed by atoms with E-state index in [1.54, 1.807) is 12.3 Å². The average molecular weight is 290 g/mol. The average Bonchev–Trinajstić information content (AvgIpc) is 2.81. The van der Waals surface area contributed by atoms with Gasteiger partial charge in [-0.1, -0.05) is 26.0 Å². The standard InChI is InChI=1S/C17H23FN2O/c1-12(2)19-10-14-6-5-7-16(18)17(14)20(4)11-15-8-9-21-13(15)3/h5-9,12,19H,10-11H2,1-4H3. The fraction of sp³-hybridized carbons (Fsp3) is 0.412. The van der Waals surface area contributed by atoms with Crippen molar-refractivity contribution in [2.24, 2.45) is 0 Å². The van der Waals surface area contributed by atoms with Gasteiger partial charge in [-0.05, 0) is 24.6 Å². The van der Waals surface area contributed by atoms with Crippen molar-refractivity contribution >= 4 is 5.69 Å². The lowest BCUT2D eigenvalue weighted by Crippen LogP contribution is -2.25. The summed E-state index contributed by atoms with van der Waals surface area (Å²) in [6.07, 6.45) is 1.67. The number of nitrogens with one attached hydrogen (secondary N) is 1. The summed E-state index contributed by atoms with van der Waals surface area (Å²) >= 11 is 0. The number of hydrogen-bond acceptors (Lipinski definition) is 3. The molecule has 1 N–H and O–H groups in total. The predicted octanol–water partition coefficient (Wildman–Crippen LogP) is 3.86. The van der Waals surface area contributed by atoms with Crippen molar-refractivity contribution in [2.75, 3.05) is 11.9 Å². The quantitative estimate of drug-likeness (QED) is 0.875. The summed E-state index contributed by atoms with van der Waals surface area (Å²) in [5.74, 6) is 0.682. The van der Waals surface area contributed by atoms with Gasteiger partial charge in [0.2, 0.25) is 0 Å². The van der Waals surface area contributed by atoms with Gasteiger partial charge in [-0.3, -0.25) is 0 Å². The van der Waals surface area contributed by atoms with Crippen LogP contribution in [0.25, 0.3) is 0 Å². The predicted molar refractivity (Wildman–Crippen MR) is 83.9 cm³/mol. The molecule has 0 aliphatic heterocycles. The first-order chi connectivity index (χ1) is 9.99. The van der Waals surface area contributed by atoms with Crippen LogP contribution in [0.1, 0.15) is 30.7 Å². The molecule has 1 aromatic carbocycles. The molecule has 0 unspecified atom stereocenters. The van der Waals surface area contributed by atoms with Crippen molar-refractivity contribution in [1.82, 2.24) is 5.32 Å². The van der Waals surface area contributed by atoms with E-state index in [1.165, 1.54) is 6.07 Å². The lowest BCUT2D eigenvalue weighted by molar-refractivity contribution is 0.529. The van der Waals surface area contributed by atoms with Crippen LogP contribution in [-0.2, 0) is 13.1 Å².